The van der Waals surface area contributed by atoms with E-state index in [1.807, 2.05) is 18.2 Å². The summed E-state index contributed by atoms with van der Waals surface area (Å²) in [6, 6.07) is 10.6. The van der Waals surface area contributed by atoms with Crippen molar-refractivity contribution in [3.63, 3.8) is 0 Å². The molecule has 2 fully saturated rings. The monoisotopic (exact) mass is 634 g/mol. The topological polar surface area (TPSA) is 191 Å². The molecule has 2 aliphatic heterocycles. The maximum atomic E-state index is 13.6. The van der Waals surface area contributed by atoms with E-state index in [1.165, 1.54) is 28.9 Å². The number of primary amides is 1. The second-order valence-electron chi connectivity index (χ2n) is 11.9. The van der Waals surface area contributed by atoms with Crippen LogP contribution in [0.15, 0.2) is 54.6 Å². The Labute approximate surface area is 267 Å². The third-order valence-electron chi connectivity index (χ3n) is 8.48. The summed E-state index contributed by atoms with van der Waals surface area (Å²) in [6.07, 6.45) is 2.32. The van der Waals surface area contributed by atoms with Gasteiger partial charge in [-0.1, -0.05) is 42.5 Å². The summed E-state index contributed by atoms with van der Waals surface area (Å²) in [5.41, 5.74) is 7.03. The van der Waals surface area contributed by atoms with Gasteiger partial charge >= 0.3 is 0 Å². The van der Waals surface area contributed by atoms with Crippen molar-refractivity contribution >= 4 is 35.4 Å². The van der Waals surface area contributed by atoms with Gasteiger partial charge in [-0.3, -0.25) is 28.8 Å². The largest absolute Gasteiger partial charge is 0.508 e. The summed E-state index contributed by atoms with van der Waals surface area (Å²) in [4.78, 5) is 80.7. The molecule has 2 aromatic rings. The van der Waals surface area contributed by atoms with Gasteiger partial charge in [0, 0.05) is 32.9 Å². The highest BCUT2D eigenvalue weighted by Crippen LogP contribution is 2.21. The van der Waals surface area contributed by atoms with Crippen LogP contribution in [-0.4, -0.2) is 93.6 Å². The minimum absolute atomic E-state index is 0.0544. The Kier molecular flexibility index (Phi) is 11.3. The predicted octanol–water partition coefficient (Wildman–Crippen LogP) is 0.139. The van der Waals surface area contributed by atoms with Crippen LogP contribution in [0.1, 0.15) is 50.7 Å². The van der Waals surface area contributed by atoms with Crippen molar-refractivity contribution in [3.05, 3.63) is 65.7 Å². The van der Waals surface area contributed by atoms with E-state index in [2.05, 4.69) is 16.0 Å². The molecular formula is C33H42N6O7. The van der Waals surface area contributed by atoms with E-state index < -0.39 is 59.7 Å². The number of benzene rings is 2. The molecule has 2 aliphatic rings. The summed E-state index contributed by atoms with van der Waals surface area (Å²) in [5.74, 6) is -2.92. The van der Waals surface area contributed by atoms with E-state index in [0.29, 0.717) is 44.3 Å². The maximum absolute atomic E-state index is 13.6. The molecule has 13 nitrogen and oxygen atoms in total. The first kappa shape index (κ1) is 33.9. The quantitative estimate of drug-likeness (QED) is 0.219. The summed E-state index contributed by atoms with van der Waals surface area (Å²) in [6.45, 7) is 3.73. The molecule has 2 saturated heterocycles. The zero-order valence-corrected chi connectivity index (χ0v) is 26.1. The lowest BCUT2D eigenvalue weighted by Gasteiger charge is -2.30. The van der Waals surface area contributed by atoms with Gasteiger partial charge in [-0.2, -0.15) is 0 Å². The number of amides is 6. The normalized spacial score (nSPS) is 19.5. The lowest BCUT2D eigenvalue weighted by Crippen LogP contribution is -2.58. The molecular weight excluding hydrogens is 592 g/mol. The van der Waals surface area contributed by atoms with Crippen LogP contribution in [0.2, 0.25) is 0 Å². The van der Waals surface area contributed by atoms with Gasteiger partial charge in [0.1, 0.15) is 36.0 Å². The number of aromatic hydroxyl groups is 1. The standard InChI is InChI=1S/C33H42N6O7/c1-20(35-31(44)27-10-6-16-38(27)21(2)40)33(46)39-17-7-11-28(39)32(45)37-26(19-22-8-4-3-5-9-22)30(43)36-25(29(34)42)18-23-12-14-24(41)15-13-23/h3-5,8-9,12-15,20,25-28,41H,6-7,10-11,16-19H2,1-2H3,(H2,34,42)(H,35,44)(H,36,43)(H,37,45)/t20-,25-,26-,27-,28-/m0/s1. The van der Waals surface area contributed by atoms with Crippen molar-refractivity contribution in [2.45, 2.75) is 82.6 Å². The van der Waals surface area contributed by atoms with Crippen LogP contribution in [0, 0.1) is 0 Å². The summed E-state index contributed by atoms with van der Waals surface area (Å²) >= 11 is 0. The lowest BCUT2D eigenvalue weighted by atomic mass is 10.0. The maximum Gasteiger partial charge on any atom is 0.245 e. The fraction of sp³-hybridized carbons (Fsp3) is 0.455. The number of likely N-dealkylation sites (tertiary alicyclic amines) is 2. The highest BCUT2D eigenvalue weighted by Gasteiger charge is 2.39. The van der Waals surface area contributed by atoms with E-state index in [1.54, 1.807) is 31.2 Å². The third kappa shape index (κ3) is 8.61. The molecule has 46 heavy (non-hydrogen) atoms. The zero-order valence-electron chi connectivity index (χ0n) is 26.1. The number of hydrogen-bond donors (Lipinski definition) is 5. The van der Waals surface area contributed by atoms with E-state index in [-0.39, 0.29) is 24.5 Å². The van der Waals surface area contributed by atoms with Gasteiger partial charge in [0.05, 0.1) is 0 Å². The molecule has 0 bridgehead atoms. The van der Waals surface area contributed by atoms with Gasteiger partial charge in [0.25, 0.3) is 0 Å². The van der Waals surface area contributed by atoms with Crippen LogP contribution in [0.5, 0.6) is 5.75 Å². The summed E-state index contributed by atoms with van der Waals surface area (Å²) < 4.78 is 0. The van der Waals surface area contributed by atoms with Crippen LogP contribution < -0.4 is 21.7 Å². The van der Waals surface area contributed by atoms with Crippen LogP contribution in [0.4, 0.5) is 0 Å². The Morgan fingerprint density at radius 1 is 0.783 bits per heavy atom. The smallest absolute Gasteiger partial charge is 0.245 e. The summed E-state index contributed by atoms with van der Waals surface area (Å²) in [7, 11) is 0. The number of phenolic OH excluding ortho intramolecular Hbond substituents is 1. The average Bonchev–Trinajstić information content (AvgIpc) is 3.72. The molecule has 4 rings (SSSR count). The lowest BCUT2D eigenvalue weighted by molar-refractivity contribution is -0.143. The molecule has 246 valence electrons. The first-order valence-corrected chi connectivity index (χ1v) is 15.5. The molecule has 6 N–H and O–H groups in total. The second-order valence-corrected chi connectivity index (χ2v) is 11.9. The van der Waals surface area contributed by atoms with Crippen molar-refractivity contribution < 1.29 is 33.9 Å². The van der Waals surface area contributed by atoms with Gasteiger partial charge in [-0.05, 0) is 55.9 Å². The van der Waals surface area contributed by atoms with E-state index in [0.717, 1.165) is 5.56 Å². The average molecular weight is 635 g/mol. The highest BCUT2D eigenvalue weighted by molar-refractivity contribution is 5.96. The zero-order chi connectivity index (χ0) is 33.4. The van der Waals surface area contributed by atoms with Crippen molar-refractivity contribution in [3.8, 4) is 5.75 Å². The van der Waals surface area contributed by atoms with Gasteiger partial charge in [-0.15, -0.1) is 0 Å². The molecule has 0 radical (unpaired) electrons. The van der Waals surface area contributed by atoms with Crippen molar-refractivity contribution in [1.82, 2.24) is 25.8 Å². The number of phenols is 1. The minimum Gasteiger partial charge on any atom is -0.508 e. The fourth-order valence-corrected chi connectivity index (χ4v) is 6.03. The Morgan fingerprint density at radius 2 is 1.33 bits per heavy atom. The molecule has 2 heterocycles. The number of carbonyl (C=O) groups excluding carboxylic acids is 6. The molecule has 0 aromatic heterocycles. The van der Waals surface area contributed by atoms with Gasteiger partial charge in [0.15, 0.2) is 0 Å². The number of nitrogens with two attached hydrogens (primary N) is 1. The van der Waals surface area contributed by atoms with Crippen LogP contribution in [0.25, 0.3) is 0 Å². The fourth-order valence-electron chi connectivity index (χ4n) is 6.03. The van der Waals surface area contributed by atoms with Crippen LogP contribution in [-0.2, 0) is 41.6 Å². The van der Waals surface area contributed by atoms with E-state index in [4.69, 9.17) is 5.73 Å². The molecule has 0 spiro atoms. The van der Waals surface area contributed by atoms with E-state index >= 15 is 0 Å². The molecule has 0 aliphatic carbocycles. The molecule has 5 atom stereocenters. The first-order valence-electron chi connectivity index (χ1n) is 15.5. The van der Waals surface area contributed by atoms with Gasteiger partial charge in [-0.25, -0.2) is 0 Å². The number of rotatable bonds is 12. The van der Waals surface area contributed by atoms with Gasteiger partial charge in [0.2, 0.25) is 35.4 Å². The number of nitrogens with one attached hydrogen (secondary N) is 3. The predicted molar refractivity (Wildman–Crippen MR) is 168 cm³/mol. The molecule has 0 unspecified atom stereocenters. The SMILES string of the molecule is CC(=O)N1CCC[C@H]1C(=O)N[C@@H](C)C(=O)N1CCC[C@H]1C(=O)N[C@@H](Cc1ccccc1)C(=O)N[C@@H](Cc1ccc(O)cc1)C(N)=O. The minimum atomic E-state index is -1.09. The first-order chi connectivity index (χ1) is 21.9. The Balaban J connectivity index is 1.44. The van der Waals surface area contributed by atoms with Gasteiger partial charge < -0.3 is 36.6 Å². The Bertz CT molecular complexity index is 1430. The Hall–Kier alpha value is -4.94. The molecule has 13 heteroatoms. The number of nitrogens with zero attached hydrogens (tertiary/aromatic N) is 2. The molecule has 6 amide bonds. The van der Waals surface area contributed by atoms with Crippen molar-refractivity contribution in [2.75, 3.05) is 13.1 Å². The highest BCUT2D eigenvalue weighted by atomic mass is 16.3. The van der Waals surface area contributed by atoms with Crippen molar-refractivity contribution in [1.29, 1.82) is 0 Å². The second kappa shape index (κ2) is 15.4. The third-order valence-corrected chi connectivity index (χ3v) is 8.48. The molecule has 0 saturated carbocycles. The van der Waals surface area contributed by atoms with Crippen LogP contribution in [0.3, 0.4) is 0 Å². The number of hydrogen-bond acceptors (Lipinski definition) is 7. The summed E-state index contributed by atoms with van der Waals surface area (Å²) in [5, 5.41) is 17.7. The van der Waals surface area contributed by atoms with Crippen molar-refractivity contribution in [2.24, 2.45) is 5.73 Å². The van der Waals surface area contributed by atoms with Crippen LogP contribution >= 0.6 is 0 Å². The molecule has 2 aromatic carbocycles. The van der Waals surface area contributed by atoms with E-state index in [9.17, 15) is 33.9 Å². The Morgan fingerprint density at radius 3 is 1.93 bits per heavy atom. The number of carbonyl (C=O) groups is 6.